The number of methoxy groups -OCH3 is 1. The van der Waals surface area contributed by atoms with Crippen LogP contribution in [0.2, 0.25) is 5.02 Å². The van der Waals surface area contributed by atoms with Gasteiger partial charge in [-0.05, 0) is 48.9 Å². The van der Waals surface area contributed by atoms with Crippen LogP contribution in [0.1, 0.15) is 27.2 Å². The number of hydrogen-bond donors (Lipinski definition) is 0. The van der Waals surface area contributed by atoms with E-state index in [0.717, 1.165) is 11.3 Å². The van der Waals surface area contributed by atoms with Crippen molar-refractivity contribution in [1.29, 1.82) is 0 Å². The Kier molecular flexibility index (Phi) is 5.38. The van der Waals surface area contributed by atoms with Gasteiger partial charge in [-0.1, -0.05) is 35.9 Å². The number of hydrogen-bond acceptors (Lipinski definition) is 4. The molecule has 0 fully saturated rings. The lowest BCUT2D eigenvalue weighted by atomic mass is 10.0. The number of rotatable bonds is 5. The molecule has 2 heterocycles. The van der Waals surface area contributed by atoms with E-state index in [1.54, 1.807) is 48.7 Å². The molecule has 2 aromatic carbocycles. The van der Waals surface area contributed by atoms with Crippen molar-refractivity contribution in [2.45, 2.75) is 13.5 Å². The van der Waals surface area contributed by atoms with Gasteiger partial charge in [0.25, 0.3) is 0 Å². The average Bonchev–Trinajstić information content (AvgIpc) is 2.75. The first-order valence-corrected chi connectivity index (χ1v) is 9.78. The topological polar surface area (TPSA) is 61.2 Å². The summed E-state index contributed by atoms with van der Waals surface area (Å²) in [6.07, 6.45) is 1.58. The lowest BCUT2D eigenvalue weighted by Gasteiger charge is -2.14. The molecular formula is C24H19ClN2O3. The van der Waals surface area contributed by atoms with Crippen LogP contribution in [-0.4, -0.2) is 22.4 Å². The van der Waals surface area contributed by atoms with Crippen LogP contribution in [0.15, 0.2) is 71.7 Å². The Morgan fingerprint density at radius 3 is 2.63 bits per heavy atom. The van der Waals surface area contributed by atoms with E-state index in [9.17, 15) is 9.59 Å². The molecule has 0 saturated carbocycles. The van der Waals surface area contributed by atoms with Gasteiger partial charge < -0.3 is 9.30 Å². The summed E-state index contributed by atoms with van der Waals surface area (Å²) in [5.41, 5.74) is 2.30. The highest BCUT2D eigenvalue weighted by atomic mass is 35.5. The maximum absolute atomic E-state index is 13.3. The number of para-hydroxylation sites is 1. The standard InChI is InChI=1S/C24H19ClN2O3/c1-15-10-11-19-23(29)20(22(28)18-8-3-4-9-21(18)30-2)14-27(24(19)26-15)13-16-6-5-7-17(25)12-16/h3-12,14H,13H2,1-2H3. The fourth-order valence-electron chi connectivity index (χ4n) is 3.45. The molecule has 0 bridgehead atoms. The second-order valence-corrected chi connectivity index (χ2v) is 7.42. The number of carbonyl (C=O) groups excluding carboxylic acids is 1. The van der Waals surface area contributed by atoms with Crippen LogP contribution < -0.4 is 10.2 Å². The van der Waals surface area contributed by atoms with Gasteiger partial charge in [0.1, 0.15) is 11.4 Å². The van der Waals surface area contributed by atoms with Crippen LogP contribution in [0.3, 0.4) is 0 Å². The molecule has 0 amide bonds. The van der Waals surface area contributed by atoms with Crippen LogP contribution in [-0.2, 0) is 6.54 Å². The van der Waals surface area contributed by atoms with E-state index >= 15 is 0 Å². The van der Waals surface area contributed by atoms with Gasteiger partial charge in [0.15, 0.2) is 0 Å². The van der Waals surface area contributed by atoms with Gasteiger partial charge in [-0.3, -0.25) is 9.59 Å². The molecule has 0 radical (unpaired) electrons. The summed E-state index contributed by atoms with van der Waals surface area (Å²) in [5.74, 6) is 0.0326. The molecule has 150 valence electrons. The number of aryl methyl sites for hydroxylation is 1. The van der Waals surface area contributed by atoms with E-state index < -0.39 is 0 Å². The van der Waals surface area contributed by atoms with E-state index in [4.69, 9.17) is 16.3 Å². The maximum Gasteiger partial charge on any atom is 0.202 e. The van der Waals surface area contributed by atoms with E-state index in [2.05, 4.69) is 4.98 Å². The molecule has 5 nitrogen and oxygen atoms in total. The predicted molar refractivity (Wildman–Crippen MR) is 118 cm³/mol. The normalized spacial score (nSPS) is 10.9. The summed E-state index contributed by atoms with van der Waals surface area (Å²) in [4.78, 5) is 31.0. The quantitative estimate of drug-likeness (QED) is 0.443. The Hall–Kier alpha value is -3.44. The second kappa shape index (κ2) is 8.13. The third-order valence-electron chi connectivity index (χ3n) is 4.90. The number of aromatic nitrogens is 2. The zero-order chi connectivity index (χ0) is 21.3. The summed E-state index contributed by atoms with van der Waals surface area (Å²) in [6.45, 7) is 2.28. The van der Waals surface area contributed by atoms with Crippen LogP contribution in [0.5, 0.6) is 5.75 Å². The predicted octanol–water partition coefficient (Wildman–Crippen LogP) is 4.65. The highest BCUT2D eigenvalue weighted by molar-refractivity contribution is 6.30. The SMILES string of the molecule is COc1ccccc1C(=O)c1cn(Cc2cccc(Cl)c2)c2nc(C)ccc2c1=O. The molecule has 0 N–H and O–H groups in total. The zero-order valence-electron chi connectivity index (χ0n) is 16.6. The molecule has 4 rings (SSSR count). The fraction of sp³-hybridized carbons (Fsp3) is 0.125. The van der Waals surface area contributed by atoms with Crippen LogP contribution >= 0.6 is 11.6 Å². The third-order valence-corrected chi connectivity index (χ3v) is 5.13. The number of ether oxygens (including phenoxy) is 1. The molecule has 0 aliphatic rings. The van der Waals surface area contributed by atoms with Crippen LogP contribution in [0.4, 0.5) is 0 Å². The van der Waals surface area contributed by atoms with Crippen molar-refractivity contribution in [3.05, 3.63) is 104 Å². The first kappa shape index (κ1) is 19.9. The zero-order valence-corrected chi connectivity index (χ0v) is 17.3. The minimum Gasteiger partial charge on any atom is -0.496 e. The van der Waals surface area contributed by atoms with Gasteiger partial charge >= 0.3 is 0 Å². The Bertz CT molecular complexity index is 1330. The largest absolute Gasteiger partial charge is 0.496 e. The van der Waals surface area contributed by atoms with Crippen molar-refractivity contribution in [2.75, 3.05) is 7.11 Å². The van der Waals surface area contributed by atoms with Crippen LogP contribution in [0, 0.1) is 6.92 Å². The fourth-order valence-corrected chi connectivity index (χ4v) is 3.66. The molecule has 0 unspecified atom stereocenters. The highest BCUT2D eigenvalue weighted by Crippen LogP contribution is 2.22. The lowest BCUT2D eigenvalue weighted by Crippen LogP contribution is -2.21. The van der Waals surface area contributed by atoms with Crippen molar-refractivity contribution < 1.29 is 9.53 Å². The molecule has 0 aliphatic heterocycles. The van der Waals surface area contributed by atoms with E-state index in [1.165, 1.54) is 7.11 Å². The summed E-state index contributed by atoms with van der Waals surface area (Å²) in [5, 5.41) is 1.01. The molecule has 6 heteroatoms. The number of carbonyl (C=O) groups is 1. The van der Waals surface area contributed by atoms with Gasteiger partial charge in [-0.15, -0.1) is 0 Å². The second-order valence-electron chi connectivity index (χ2n) is 6.98. The van der Waals surface area contributed by atoms with Crippen molar-refractivity contribution >= 4 is 28.4 Å². The number of nitrogens with zero attached hydrogens (tertiary/aromatic N) is 2. The molecule has 2 aromatic heterocycles. The smallest absolute Gasteiger partial charge is 0.202 e. The minimum absolute atomic E-state index is 0.0691. The van der Waals surface area contributed by atoms with Crippen molar-refractivity contribution in [2.24, 2.45) is 0 Å². The van der Waals surface area contributed by atoms with Gasteiger partial charge in [0, 0.05) is 23.5 Å². The number of ketones is 1. The van der Waals surface area contributed by atoms with Gasteiger partial charge in [0.05, 0.1) is 23.6 Å². The monoisotopic (exact) mass is 418 g/mol. The van der Waals surface area contributed by atoms with E-state index in [0.29, 0.717) is 33.9 Å². The number of fused-ring (bicyclic) bond motifs is 1. The van der Waals surface area contributed by atoms with Crippen molar-refractivity contribution in [3.8, 4) is 5.75 Å². The third kappa shape index (κ3) is 3.72. The molecule has 30 heavy (non-hydrogen) atoms. The number of pyridine rings is 2. The maximum atomic E-state index is 13.3. The van der Waals surface area contributed by atoms with E-state index in [1.807, 2.05) is 29.7 Å². The molecule has 4 aromatic rings. The van der Waals surface area contributed by atoms with Gasteiger partial charge in [-0.25, -0.2) is 4.98 Å². The summed E-state index contributed by atoms with van der Waals surface area (Å²) < 4.78 is 7.13. The summed E-state index contributed by atoms with van der Waals surface area (Å²) >= 11 is 6.13. The average molecular weight is 419 g/mol. The Balaban J connectivity index is 1.93. The molecular weight excluding hydrogens is 400 g/mol. The van der Waals surface area contributed by atoms with Crippen molar-refractivity contribution in [1.82, 2.24) is 9.55 Å². The minimum atomic E-state index is -0.389. The molecule has 0 atom stereocenters. The summed E-state index contributed by atoms with van der Waals surface area (Å²) in [7, 11) is 1.50. The Morgan fingerprint density at radius 1 is 1.07 bits per heavy atom. The van der Waals surface area contributed by atoms with Gasteiger partial charge in [-0.2, -0.15) is 0 Å². The first-order valence-electron chi connectivity index (χ1n) is 9.41. The molecule has 0 saturated heterocycles. The van der Waals surface area contributed by atoms with Crippen LogP contribution in [0.25, 0.3) is 11.0 Å². The Morgan fingerprint density at radius 2 is 1.87 bits per heavy atom. The van der Waals surface area contributed by atoms with Gasteiger partial charge in [0.2, 0.25) is 11.2 Å². The molecule has 0 spiro atoms. The summed E-state index contributed by atoms with van der Waals surface area (Å²) in [6, 6.07) is 17.8. The Labute approximate surface area is 178 Å². The molecule has 0 aliphatic carbocycles. The van der Waals surface area contributed by atoms with Crippen molar-refractivity contribution in [3.63, 3.8) is 0 Å². The van der Waals surface area contributed by atoms with E-state index in [-0.39, 0.29) is 16.8 Å². The number of benzene rings is 2. The highest BCUT2D eigenvalue weighted by Gasteiger charge is 2.20. The lowest BCUT2D eigenvalue weighted by molar-refractivity contribution is 0.103. The first-order chi connectivity index (χ1) is 14.5. The number of halogens is 1.